The second-order valence-electron chi connectivity index (χ2n) is 10.3. The number of aliphatic hydroxyl groups is 1. The van der Waals surface area contributed by atoms with E-state index in [2.05, 4.69) is 33.1 Å². The van der Waals surface area contributed by atoms with Crippen LogP contribution in [0.3, 0.4) is 0 Å². The van der Waals surface area contributed by atoms with Gasteiger partial charge >= 0.3 is 5.97 Å². The molecule has 0 aliphatic carbocycles. The molecule has 0 aliphatic heterocycles. The van der Waals surface area contributed by atoms with Gasteiger partial charge in [-0.15, -0.1) is 0 Å². The highest BCUT2D eigenvalue weighted by molar-refractivity contribution is 6.06. The number of aliphatic hydroxyl groups excluding tert-OH is 1. The lowest BCUT2D eigenvalue weighted by Gasteiger charge is -2.31. The second-order valence-corrected chi connectivity index (χ2v) is 10.3. The number of likely N-dealkylation sites (N-methyl/N-ethyl adjacent to an activating group) is 1. The number of quaternary nitrogens is 1. The molecule has 2 aromatic carbocycles. The molecule has 40 heavy (non-hydrogen) atoms. The van der Waals surface area contributed by atoms with E-state index in [1.54, 1.807) is 30.3 Å². The van der Waals surface area contributed by atoms with Gasteiger partial charge in [-0.2, -0.15) is 0 Å². The van der Waals surface area contributed by atoms with E-state index in [1.165, 1.54) is 44.9 Å². The average Bonchev–Trinajstić information content (AvgIpc) is 2.99. The van der Waals surface area contributed by atoms with E-state index in [9.17, 15) is 9.59 Å². The summed E-state index contributed by atoms with van der Waals surface area (Å²) in [6.07, 6.45) is 11.3. The predicted octanol–water partition coefficient (Wildman–Crippen LogP) is 7.10. The molecule has 0 fully saturated rings. The third-order valence-electron chi connectivity index (χ3n) is 7.41. The lowest BCUT2D eigenvalue weighted by atomic mass is 10.1. The van der Waals surface area contributed by atoms with Gasteiger partial charge in [0.15, 0.2) is 0 Å². The van der Waals surface area contributed by atoms with E-state index < -0.39 is 0 Å². The van der Waals surface area contributed by atoms with Gasteiger partial charge in [0.05, 0.1) is 37.9 Å². The van der Waals surface area contributed by atoms with Crippen molar-refractivity contribution < 1.29 is 28.7 Å². The topological polar surface area (TPSA) is 84.9 Å². The Morgan fingerprint density at radius 2 is 1.35 bits per heavy atom. The molecule has 2 N–H and O–H groups in total. The Bertz CT molecular complexity index is 958. The first-order valence-electron chi connectivity index (χ1n) is 15.0. The van der Waals surface area contributed by atoms with Gasteiger partial charge in [-0.05, 0) is 56.7 Å². The van der Waals surface area contributed by atoms with Gasteiger partial charge in [0.2, 0.25) is 0 Å². The molecule has 0 unspecified atom stereocenters. The number of hydrogen-bond donors (Lipinski definition) is 2. The molecule has 0 saturated heterocycles. The number of anilines is 1. The Labute approximate surface area is 242 Å². The fourth-order valence-electron chi connectivity index (χ4n) is 4.24. The number of amides is 1. The highest BCUT2D eigenvalue weighted by Crippen LogP contribution is 2.21. The first-order valence-corrected chi connectivity index (χ1v) is 15.0. The van der Waals surface area contributed by atoms with Crippen LogP contribution in [0, 0.1) is 0 Å². The van der Waals surface area contributed by atoms with E-state index in [0.717, 1.165) is 44.1 Å². The van der Waals surface area contributed by atoms with Crippen LogP contribution in [-0.4, -0.2) is 68.5 Å². The number of nitrogens with one attached hydrogen (secondary N) is 1. The van der Waals surface area contributed by atoms with E-state index >= 15 is 0 Å². The maximum Gasteiger partial charge on any atom is 0.338 e. The molecule has 0 heterocycles. The Hall–Kier alpha value is -2.90. The largest absolute Gasteiger partial charge is 0.493 e. The van der Waals surface area contributed by atoms with E-state index in [4.69, 9.17) is 14.6 Å². The van der Waals surface area contributed by atoms with Crippen molar-refractivity contribution >= 4 is 17.6 Å². The van der Waals surface area contributed by atoms with Crippen LogP contribution in [0.4, 0.5) is 5.69 Å². The maximum atomic E-state index is 12.9. The van der Waals surface area contributed by atoms with E-state index in [0.29, 0.717) is 35.8 Å². The number of carbonyl (C=O) groups is 2. The minimum atomic E-state index is -0.350. The van der Waals surface area contributed by atoms with Crippen molar-refractivity contribution in [2.45, 2.75) is 78.6 Å². The smallest absolute Gasteiger partial charge is 0.338 e. The molecule has 2 aromatic rings. The number of hydrogen-bond acceptors (Lipinski definition) is 5. The summed E-state index contributed by atoms with van der Waals surface area (Å²) >= 11 is 0. The van der Waals surface area contributed by atoms with Crippen LogP contribution in [0.25, 0.3) is 0 Å². The fourth-order valence-corrected chi connectivity index (χ4v) is 4.24. The summed E-state index contributed by atoms with van der Waals surface area (Å²) in [4.78, 5) is 25.4. The zero-order chi connectivity index (χ0) is 29.6. The van der Waals surface area contributed by atoms with Crippen LogP contribution in [0.15, 0.2) is 48.5 Å². The van der Waals surface area contributed by atoms with Crippen molar-refractivity contribution in [2.24, 2.45) is 0 Å². The normalized spacial score (nSPS) is 10.8. The second kappa shape index (κ2) is 20.9. The molecular formula is C33H53N2O5+. The van der Waals surface area contributed by atoms with E-state index in [-0.39, 0.29) is 11.9 Å². The predicted molar refractivity (Wildman–Crippen MR) is 164 cm³/mol. The zero-order valence-corrected chi connectivity index (χ0v) is 25.5. The Kier molecular flexibility index (Phi) is 18.4. The molecule has 1 amide bonds. The van der Waals surface area contributed by atoms with Crippen molar-refractivity contribution in [3.8, 4) is 5.75 Å². The number of nitrogens with zero attached hydrogens (tertiary/aromatic N) is 1. The lowest BCUT2D eigenvalue weighted by molar-refractivity contribution is -0.906. The molecule has 0 saturated carbocycles. The van der Waals surface area contributed by atoms with Crippen LogP contribution in [0.2, 0.25) is 0 Å². The van der Waals surface area contributed by atoms with Gasteiger partial charge in [-0.3, -0.25) is 4.79 Å². The maximum absolute atomic E-state index is 12.9. The molecule has 0 spiro atoms. The highest BCUT2D eigenvalue weighted by Gasteiger charge is 2.18. The monoisotopic (exact) mass is 557 g/mol. The number of para-hydroxylation sites is 1. The van der Waals surface area contributed by atoms with Crippen LogP contribution >= 0.6 is 0 Å². The number of ether oxygens (including phenoxy) is 2. The summed E-state index contributed by atoms with van der Waals surface area (Å²) in [7, 11) is 3.16. The molecular weight excluding hydrogens is 504 g/mol. The van der Waals surface area contributed by atoms with E-state index in [1.807, 2.05) is 18.2 Å². The summed E-state index contributed by atoms with van der Waals surface area (Å²) < 4.78 is 12.3. The van der Waals surface area contributed by atoms with Crippen molar-refractivity contribution in [2.75, 3.05) is 52.3 Å². The molecule has 0 bridgehead atoms. The van der Waals surface area contributed by atoms with Crippen LogP contribution in [-0.2, 0) is 4.74 Å². The van der Waals surface area contributed by atoms with Gasteiger partial charge < -0.3 is 24.4 Å². The summed E-state index contributed by atoms with van der Waals surface area (Å²) in [5.41, 5.74) is 1.58. The molecule has 0 radical (unpaired) electrons. The van der Waals surface area contributed by atoms with Gasteiger partial charge in [-0.25, -0.2) is 4.79 Å². The van der Waals surface area contributed by atoms with Crippen LogP contribution in [0.5, 0.6) is 5.75 Å². The van der Waals surface area contributed by atoms with Gasteiger partial charge in [0.25, 0.3) is 5.91 Å². The molecule has 2 rings (SSSR count). The minimum absolute atomic E-state index is 0.237. The lowest BCUT2D eigenvalue weighted by Crippen LogP contribution is -2.46. The van der Waals surface area contributed by atoms with Crippen molar-refractivity contribution in [3.05, 3.63) is 59.7 Å². The van der Waals surface area contributed by atoms with Gasteiger partial charge in [0, 0.05) is 12.8 Å². The van der Waals surface area contributed by atoms with Crippen molar-refractivity contribution in [3.63, 3.8) is 0 Å². The summed E-state index contributed by atoms with van der Waals surface area (Å²) in [6.45, 7) is 10.3. The molecule has 0 atom stereocenters. The first-order chi connectivity index (χ1) is 19.4. The Morgan fingerprint density at radius 1 is 0.775 bits per heavy atom. The van der Waals surface area contributed by atoms with Crippen molar-refractivity contribution in [1.29, 1.82) is 0 Å². The Morgan fingerprint density at radius 3 is 1.95 bits per heavy atom. The average molecular weight is 558 g/mol. The zero-order valence-electron chi connectivity index (χ0n) is 25.5. The third-order valence-corrected chi connectivity index (χ3v) is 7.41. The fraction of sp³-hybridized carbons (Fsp3) is 0.576. The van der Waals surface area contributed by atoms with Crippen LogP contribution in [0.1, 0.15) is 99.3 Å². The SMILES string of the molecule is CCCCCCCCCCCOc1ccccc1C(=O)Nc1ccc(C(=O)OCC[N+](C)(CC)CC)cc1.CO. The van der Waals surface area contributed by atoms with Gasteiger partial charge in [-0.1, -0.05) is 70.4 Å². The summed E-state index contributed by atoms with van der Waals surface area (Å²) in [6, 6.07) is 14.1. The molecule has 0 aliphatic rings. The molecule has 224 valence electrons. The number of esters is 1. The highest BCUT2D eigenvalue weighted by atomic mass is 16.5. The number of unbranched alkanes of at least 4 members (excludes halogenated alkanes) is 8. The number of benzene rings is 2. The molecule has 7 heteroatoms. The summed E-state index contributed by atoms with van der Waals surface area (Å²) in [5.74, 6) is 0.00499. The Balaban J connectivity index is 0.00000391. The standard InChI is InChI=1S/C32H48N2O4.CH4O/c1-5-8-9-10-11-12-13-14-17-25-37-30-19-16-15-18-29(30)31(35)33-28-22-20-27(21-23-28)32(36)38-26-24-34(4,6-2)7-3;1-2/h15-16,18-23H,5-14,17,24-26H2,1-4H3;2H,1H3/p+1. The first kappa shape index (κ1) is 35.1. The minimum Gasteiger partial charge on any atom is -0.493 e. The van der Waals surface area contributed by atoms with Crippen LogP contribution < -0.4 is 10.1 Å². The van der Waals surface area contributed by atoms with Crippen molar-refractivity contribution in [1.82, 2.24) is 0 Å². The summed E-state index contributed by atoms with van der Waals surface area (Å²) in [5, 5.41) is 9.91. The third kappa shape index (κ3) is 13.4. The number of carbonyl (C=O) groups excluding carboxylic acids is 2. The molecule has 0 aromatic heterocycles. The quantitative estimate of drug-likeness (QED) is 0.109. The number of rotatable bonds is 19. The van der Waals surface area contributed by atoms with Gasteiger partial charge in [0.1, 0.15) is 18.9 Å². The molecule has 7 nitrogen and oxygen atoms in total.